The van der Waals surface area contributed by atoms with Crippen molar-refractivity contribution in [2.75, 3.05) is 0 Å². The van der Waals surface area contributed by atoms with Crippen LogP contribution >= 0.6 is 0 Å². The number of benzene rings is 1. The van der Waals surface area contributed by atoms with E-state index in [1.165, 1.54) is 53.5 Å². The topological polar surface area (TPSA) is 0 Å². The maximum absolute atomic E-state index is 2.56. The van der Waals surface area contributed by atoms with Crippen LogP contribution in [0.15, 0.2) is 211 Å². The summed E-state index contributed by atoms with van der Waals surface area (Å²) in [5.41, 5.74) is 10.1. The third-order valence-corrected chi connectivity index (χ3v) is 13.0. The molecule has 284 valence electrons. The van der Waals surface area contributed by atoms with Gasteiger partial charge in [0.05, 0.1) is 0 Å². The van der Waals surface area contributed by atoms with Gasteiger partial charge in [-0.05, 0) is 140 Å². The highest BCUT2D eigenvalue weighted by atomic mass is 14.3. The average Bonchev–Trinajstić information content (AvgIpc) is 3.28. The second kappa shape index (κ2) is 19.3. The zero-order chi connectivity index (χ0) is 37.8. The van der Waals surface area contributed by atoms with Gasteiger partial charge in [0.15, 0.2) is 0 Å². The van der Waals surface area contributed by atoms with Gasteiger partial charge >= 0.3 is 0 Å². The lowest BCUT2D eigenvalue weighted by atomic mass is 9.71. The summed E-state index contributed by atoms with van der Waals surface area (Å²) in [6, 6.07) is 9.68. The Hall–Kier alpha value is -4.94. The zero-order valence-corrected chi connectivity index (χ0v) is 33.2. The van der Waals surface area contributed by atoms with E-state index >= 15 is 0 Å². The van der Waals surface area contributed by atoms with E-state index in [1.807, 2.05) is 0 Å². The highest BCUT2D eigenvalue weighted by molar-refractivity contribution is 5.75. The fourth-order valence-electron chi connectivity index (χ4n) is 9.58. The van der Waals surface area contributed by atoms with Crippen molar-refractivity contribution >= 4 is 5.57 Å². The molecule has 0 saturated heterocycles. The van der Waals surface area contributed by atoms with Crippen LogP contribution in [0.2, 0.25) is 0 Å². The van der Waals surface area contributed by atoms with Crippen molar-refractivity contribution < 1.29 is 0 Å². The molecule has 7 aliphatic rings. The molecule has 1 aromatic carbocycles. The lowest BCUT2D eigenvalue weighted by molar-refractivity contribution is 0.299. The standard InChI is InChI=1S/C56H60/c1-5-13-43(14-6-1)21-23-45-25-29-51(30-26-45)55(41-47-17-9-3-10-18-47)53-37-33-49(34-38-53)50-35-39-54(40-36-50)56(42-48-19-11-4-12-20-48)52-31-27-46(28-32-52)24-22-44-15-7-2-8-16-44/h1-9,11,13,15,17,19,21-29,31,33-39,43-44,51-52,54-56H,10,12,14,16,18,20,30,32,40-42H2. The summed E-state index contributed by atoms with van der Waals surface area (Å²) >= 11 is 0. The van der Waals surface area contributed by atoms with Crippen LogP contribution in [0.5, 0.6) is 0 Å². The Morgan fingerprint density at radius 1 is 0.518 bits per heavy atom. The zero-order valence-electron chi connectivity index (χ0n) is 33.2. The highest BCUT2D eigenvalue weighted by Gasteiger charge is 2.29. The minimum absolute atomic E-state index is 0.478. The minimum Gasteiger partial charge on any atom is -0.0842 e. The van der Waals surface area contributed by atoms with Gasteiger partial charge in [-0.1, -0.05) is 199 Å². The van der Waals surface area contributed by atoms with E-state index in [0.29, 0.717) is 41.4 Å². The molecule has 7 atom stereocenters. The van der Waals surface area contributed by atoms with Gasteiger partial charge in [0, 0.05) is 0 Å². The van der Waals surface area contributed by atoms with Gasteiger partial charge in [-0.25, -0.2) is 0 Å². The maximum Gasteiger partial charge on any atom is -0.00124 e. The predicted octanol–water partition coefficient (Wildman–Crippen LogP) is 15.1. The molecule has 0 saturated carbocycles. The maximum atomic E-state index is 2.56. The molecular weight excluding hydrogens is 673 g/mol. The molecule has 0 spiro atoms. The van der Waals surface area contributed by atoms with Gasteiger partial charge in [0.2, 0.25) is 0 Å². The van der Waals surface area contributed by atoms with Gasteiger partial charge in [-0.15, -0.1) is 0 Å². The van der Waals surface area contributed by atoms with Crippen LogP contribution in [0.4, 0.5) is 0 Å². The van der Waals surface area contributed by atoms with Crippen molar-refractivity contribution in [2.24, 2.45) is 35.5 Å². The van der Waals surface area contributed by atoms with Crippen LogP contribution in [0, 0.1) is 35.5 Å². The van der Waals surface area contributed by atoms with Gasteiger partial charge < -0.3 is 0 Å². The lowest BCUT2D eigenvalue weighted by Gasteiger charge is -2.34. The summed E-state index contributed by atoms with van der Waals surface area (Å²) in [4.78, 5) is 0. The molecule has 0 N–H and O–H groups in total. The van der Waals surface area contributed by atoms with E-state index in [0.717, 1.165) is 44.9 Å². The van der Waals surface area contributed by atoms with E-state index < -0.39 is 0 Å². The molecule has 1 aromatic rings. The summed E-state index contributed by atoms with van der Waals surface area (Å²) < 4.78 is 0. The number of rotatable bonds is 13. The van der Waals surface area contributed by atoms with Gasteiger partial charge in [0.25, 0.3) is 0 Å². The Labute approximate surface area is 338 Å². The van der Waals surface area contributed by atoms with Gasteiger partial charge in [0.1, 0.15) is 0 Å². The first-order valence-electron chi connectivity index (χ1n) is 21.7. The smallest absolute Gasteiger partial charge is 0.00124 e. The van der Waals surface area contributed by atoms with Crippen molar-refractivity contribution in [3.05, 3.63) is 222 Å². The third-order valence-electron chi connectivity index (χ3n) is 13.0. The molecule has 0 nitrogen and oxygen atoms in total. The van der Waals surface area contributed by atoms with E-state index in [2.05, 4.69) is 188 Å². The summed E-state index contributed by atoms with van der Waals surface area (Å²) in [6.07, 6.45) is 76.0. The molecule has 7 unspecified atom stereocenters. The Kier molecular flexibility index (Phi) is 13.1. The van der Waals surface area contributed by atoms with Crippen LogP contribution in [0.1, 0.15) is 87.7 Å². The molecular formula is C56H60. The number of hydrogen-bond donors (Lipinski definition) is 0. The van der Waals surface area contributed by atoms with E-state index in [4.69, 9.17) is 0 Å². The first-order valence-corrected chi connectivity index (χ1v) is 21.7. The largest absolute Gasteiger partial charge is 0.0842 e. The fraction of sp³-hybridized carbons (Fsp3) is 0.321. The molecule has 0 bridgehead atoms. The van der Waals surface area contributed by atoms with Crippen LogP contribution in [0.25, 0.3) is 5.57 Å². The molecule has 0 aromatic heterocycles. The van der Waals surface area contributed by atoms with Crippen LogP contribution in [-0.2, 0) is 0 Å². The van der Waals surface area contributed by atoms with Crippen LogP contribution in [-0.4, -0.2) is 0 Å². The first kappa shape index (κ1) is 38.0. The SMILES string of the molecule is C1=CCCC(CC(c2ccc(C3=CCC(C(CC4=CC=CCC4)C4C=CC(C=CC5C=CC=CC5)=CC4)C=C3)cc2)C2C=CC(C=CC3C=CC=CC3)=CC2)=C1. The molecule has 7 aliphatic carbocycles. The summed E-state index contributed by atoms with van der Waals surface area (Å²) in [5.74, 6) is 3.73. The lowest BCUT2D eigenvalue weighted by Crippen LogP contribution is -2.24. The molecule has 0 heterocycles. The van der Waals surface area contributed by atoms with E-state index in [9.17, 15) is 0 Å². The van der Waals surface area contributed by atoms with E-state index in [1.54, 1.807) is 11.1 Å². The third kappa shape index (κ3) is 10.3. The van der Waals surface area contributed by atoms with Gasteiger partial charge in [-0.3, -0.25) is 0 Å². The normalized spacial score (nSPS) is 28.0. The predicted molar refractivity (Wildman–Crippen MR) is 242 cm³/mol. The molecule has 56 heavy (non-hydrogen) atoms. The Bertz CT molecular complexity index is 2040. The van der Waals surface area contributed by atoms with Crippen LogP contribution in [0.3, 0.4) is 0 Å². The molecule has 0 amide bonds. The number of hydrogen-bond acceptors (Lipinski definition) is 0. The van der Waals surface area contributed by atoms with Gasteiger partial charge in [-0.2, -0.15) is 0 Å². The number of allylic oxidation sites excluding steroid dienone is 32. The molecule has 0 aliphatic heterocycles. The highest BCUT2D eigenvalue weighted by Crippen LogP contribution is 2.42. The minimum atomic E-state index is 0.478. The van der Waals surface area contributed by atoms with Crippen LogP contribution < -0.4 is 0 Å². The monoisotopic (exact) mass is 732 g/mol. The molecule has 8 rings (SSSR count). The first-order chi connectivity index (χ1) is 27.7. The molecule has 0 heteroatoms. The molecule has 0 fully saturated rings. The second-order valence-electron chi connectivity index (χ2n) is 16.9. The van der Waals surface area contributed by atoms with Crippen molar-refractivity contribution in [3.8, 4) is 0 Å². The van der Waals surface area contributed by atoms with Crippen molar-refractivity contribution in [1.29, 1.82) is 0 Å². The van der Waals surface area contributed by atoms with Crippen molar-refractivity contribution in [1.82, 2.24) is 0 Å². The Morgan fingerprint density at radius 2 is 1.09 bits per heavy atom. The van der Waals surface area contributed by atoms with Crippen molar-refractivity contribution in [3.63, 3.8) is 0 Å². The molecule has 0 radical (unpaired) electrons. The average molecular weight is 733 g/mol. The van der Waals surface area contributed by atoms with E-state index in [-0.39, 0.29) is 0 Å². The summed E-state index contributed by atoms with van der Waals surface area (Å²) in [6.45, 7) is 0. The second-order valence-corrected chi connectivity index (χ2v) is 16.9. The van der Waals surface area contributed by atoms with Crippen molar-refractivity contribution in [2.45, 2.75) is 76.5 Å². The summed E-state index contributed by atoms with van der Waals surface area (Å²) in [5, 5.41) is 0. The quantitative estimate of drug-likeness (QED) is 0.189. The Balaban J connectivity index is 0.933. The Morgan fingerprint density at radius 3 is 1.59 bits per heavy atom. The summed E-state index contributed by atoms with van der Waals surface area (Å²) in [7, 11) is 0. The fourth-order valence-corrected chi connectivity index (χ4v) is 9.58.